The van der Waals surface area contributed by atoms with Crippen LogP contribution in [-0.4, -0.2) is 51.3 Å². The smallest absolute Gasteiger partial charge is 0.0593 e. The fraction of sp³-hybridized carbons (Fsp3) is 1.00. The number of nitrogens with one attached hydrogen (secondary N) is 1. The summed E-state index contributed by atoms with van der Waals surface area (Å²) >= 11 is 0. The number of rotatable bonds is 11. The molecule has 0 aromatic carbocycles. The molecule has 92 valence electrons. The maximum absolute atomic E-state index is 5.57. The van der Waals surface area contributed by atoms with Gasteiger partial charge >= 0.3 is 0 Å². The third-order valence-electron chi connectivity index (χ3n) is 2.41. The second kappa shape index (κ2) is 12.0. The minimum Gasteiger partial charge on any atom is -0.380 e. The first-order chi connectivity index (χ1) is 7.35. The molecule has 0 aliphatic carbocycles. The van der Waals surface area contributed by atoms with Gasteiger partial charge in [0.25, 0.3) is 0 Å². The Bertz CT molecular complexity index is 120. The van der Waals surface area contributed by atoms with Crippen LogP contribution in [0.1, 0.15) is 33.1 Å². The molecular weight excluding hydrogens is 188 g/mol. The highest BCUT2D eigenvalue weighted by Crippen LogP contribution is 1.92. The first-order valence-corrected chi connectivity index (χ1v) is 6.29. The Hall–Kier alpha value is -0.120. The molecule has 0 aliphatic rings. The van der Waals surface area contributed by atoms with Gasteiger partial charge in [0.05, 0.1) is 6.61 Å². The first kappa shape index (κ1) is 14.9. The summed E-state index contributed by atoms with van der Waals surface area (Å²) < 4.78 is 5.57. The van der Waals surface area contributed by atoms with Crippen LogP contribution in [0.2, 0.25) is 0 Å². The number of ether oxygens (including phenoxy) is 1. The van der Waals surface area contributed by atoms with Crippen LogP contribution >= 0.6 is 0 Å². The van der Waals surface area contributed by atoms with E-state index in [1.54, 1.807) is 0 Å². The average Bonchev–Trinajstić information content (AvgIpc) is 2.25. The fourth-order valence-electron chi connectivity index (χ4n) is 1.46. The highest BCUT2D eigenvalue weighted by molar-refractivity contribution is 4.57. The molecule has 0 heterocycles. The summed E-state index contributed by atoms with van der Waals surface area (Å²) in [6, 6.07) is 0. The summed E-state index contributed by atoms with van der Waals surface area (Å²) in [5, 5.41) is 3.18. The third kappa shape index (κ3) is 10.2. The van der Waals surface area contributed by atoms with Crippen molar-refractivity contribution in [2.24, 2.45) is 0 Å². The van der Waals surface area contributed by atoms with Gasteiger partial charge in [-0.3, -0.25) is 4.90 Å². The average molecular weight is 216 g/mol. The highest BCUT2D eigenvalue weighted by Gasteiger charge is 2.02. The summed E-state index contributed by atoms with van der Waals surface area (Å²) in [5.41, 5.74) is 0. The van der Waals surface area contributed by atoms with Crippen molar-refractivity contribution in [2.75, 3.05) is 46.4 Å². The lowest BCUT2D eigenvalue weighted by molar-refractivity contribution is 0.102. The lowest BCUT2D eigenvalue weighted by Gasteiger charge is -2.21. The maximum atomic E-state index is 5.57. The summed E-state index contributed by atoms with van der Waals surface area (Å²) in [5.74, 6) is 0. The minimum atomic E-state index is 0.879. The summed E-state index contributed by atoms with van der Waals surface area (Å²) in [7, 11) is 2.00. The van der Waals surface area contributed by atoms with E-state index < -0.39 is 0 Å². The van der Waals surface area contributed by atoms with E-state index in [9.17, 15) is 0 Å². The maximum Gasteiger partial charge on any atom is 0.0593 e. The Morgan fingerprint density at radius 1 is 1.00 bits per heavy atom. The Labute approximate surface area is 95.2 Å². The summed E-state index contributed by atoms with van der Waals surface area (Å²) in [6.07, 6.45) is 3.63. The zero-order valence-corrected chi connectivity index (χ0v) is 10.7. The van der Waals surface area contributed by atoms with Gasteiger partial charge in [-0.05, 0) is 26.4 Å². The lowest BCUT2D eigenvalue weighted by atomic mass is 10.3. The molecule has 0 unspecified atom stereocenters. The zero-order valence-electron chi connectivity index (χ0n) is 10.7. The molecule has 0 aliphatic heterocycles. The topological polar surface area (TPSA) is 24.5 Å². The van der Waals surface area contributed by atoms with E-state index in [0.717, 1.165) is 32.8 Å². The SMILES string of the molecule is CCCCOCCN(CCC)CCNC. The van der Waals surface area contributed by atoms with Crippen molar-refractivity contribution < 1.29 is 4.74 Å². The summed E-state index contributed by atoms with van der Waals surface area (Å²) in [4.78, 5) is 2.46. The molecule has 0 radical (unpaired) electrons. The van der Waals surface area contributed by atoms with Crippen molar-refractivity contribution in [2.45, 2.75) is 33.1 Å². The molecule has 0 saturated heterocycles. The minimum absolute atomic E-state index is 0.879. The molecule has 0 aromatic heterocycles. The van der Waals surface area contributed by atoms with Gasteiger partial charge in [0, 0.05) is 26.2 Å². The summed E-state index contributed by atoms with van der Waals surface area (Å²) in [6.45, 7) is 10.7. The second-order valence-corrected chi connectivity index (χ2v) is 3.91. The molecule has 0 amide bonds. The van der Waals surface area contributed by atoms with Crippen LogP contribution in [0.25, 0.3) is 0 Å². The predicted molar refractivity (Wildman–Crippen MR) is 66.4 cm³/mol. The third-order valence-corrected chi connectivity index (χ3v) is 2.41. The van der Waals surface area contributed by atoms with Gasteiger partial charge in [0.1, 0.15) is 0 Å². The van der Waals surface area contributed by atoms with E-state index >= 15 is 0 Å². The molecule has 0 saturated carbocycles. The Balaban J connectivity index is 3.38. The van der Waals surface area contributed by atoms with Crippen LogP contribution in [0.4, 0.5) is 0 Å². The van der Waals surface area contributed by atoms with E-state index in [1.807, 2.05) is 7.05 Å². The van der Waals surface area contributed by atoms with Crippen LogP contribution in [-0.2, 0) is 4.74 Å². The molecule has 0 bridgehead atoms. The number of nitrogens with zero attached hydrogens (tertiary/aromatic N) is 1. The van der Waals surface area contributed by atoms with Crippen molar-refractivity contribution in [3.63, 3.8) is 0 Å². The Morgan fingerprint density at radius 3 is 2.40 bits per heavy atom. The van der Waals surface area contributed by atoms with Crippen molar-refractivity contribution in [1.82, 2.24) is 10.2 Å². The second-order valence-electron chi connectivity index (χ2n) is 3.91. The predicted octanol–water partition coefficient (Wildman–Crippen LogP) is 1.73. The van der Waals surface area contributed by atoms with Gasteiger partial charge in [-0.25, -0.2) is 0 Å². The lowest BCUT2D eigenvalue weighted by Crippen LogP contribution is -2.34. The molecule has 3 heteroatoms. The van der Waals surface area contributed by atoms with Crippen molar-refractivity contribution in [3.05, 3.63) is 0 Å². The molecule has 0 atom stereocenters. The standard InChI is InChI=1S/C12H28N2O/c1-4-6-11-15-12-10-14(8-5-2)9-7-13-3/h13H,4-12H2,1-3H3. The van der Waals surface area contributed by atoms with Crippen molar-refractivity contribution >= 4 is 0 Å². The number of hydrogen-bond acceptors (Lipinski definition) is 3. The van der Waals surface area contributed by atoms with Gasteiger partial charge < -0.3 is 10.1 Å². The van der Waals surface area contributed by atoms with E-state index in [0.29, 0.717) is 0 Å². The van der Waals surface area contributed by atoms with Gasteiger partial charge in [-0.15, -0.1) is 0 Å². The molecule has 3 nitrogen and oxygen atoms in total. The highest BCUT2D eigenvalue weighted by atomic mass is 16.5. The van der Waals surface area contributed by atoms with Crippen LogP contribution < -0.4 is 5.32 Å². The molecule has 0 spiro atoms. The fourth-order valence-corrected chi connectivity index (χ4v) is 1.46. The van der Waals surface area contributed by atoms with Crippen molar-refractivity contribution in [1.29, 1.82) is 0 Å². The van der Waals surface area contributed by atoms with E-state index in [4.69, 9.17) is 4.74 Å². The number of hydrogen-bond donors (Lipinski definition) is 1. The monoisotopic (exact) mass is 216 g/mol. The molecule has 0 rings (SSSR count). The zero-order chi connectivity index (χ0) is 11.4. The van der Waals surface area contributed by atoms with Gasteiger partial charge in [0.15, 0.2) is 0 Å². The van der Waals surface area contributed by atoms with E-state index in [1.165, 1.54) is 25.8 Å². The Kier molecular flexibility index (Phi) is 11.9. The molecular formula is C12H28N2O. The number of likely N-dealkylation sites (N-methyl/N-ethyl adjacent to an activating group) is 1. The van der Waals surface area contributed by atoms with Gasteiger partial charge in [-0.1, -0.05) is 20.3 Å². The van der Waals surface area contributed by atoms with Crippen LogP contribution in [0.3, 0.4) is 0 Å². The molecule has 0 fully saturated rings. The molecule has 0 aromatic rings. The molecule has 15 heavy (non-hydrogen) atoms. The largest absolute Gasteiger partial charge is 0.380 e. The Morgan fingerprint density at radius 2 is 1.80 bits per heavy atom. The normalized spacial score (nSPS) is 11.2. The van der Waals surface area contributed by atoms with Crippen LogP contribution in [0.15, 0.2) is 0 Å². The first-order valence-electron chi connectivity index (χ1n) is 6.29. The van der Waals surface area contributed by atoms with Gasteiger partial charge in [0.2, 0.25) is 0 Å². The number of unbranched alkanes of at least 4 members (excludes halogenated alkanes) is 1. The van der Waals surface area contributed by atoms with Crippen LogP contribution in [0.5, 0.6) is 0 Å². The van der Waals surface area contributed by atoms with E-state index in [-0.39, 0.29) is 0 Å². The van der Waals surface area contributed by atoms with Crippen molar-refractivity contribution in [3.8, 4) is 0 Å². The molecule has 1 N–H and O–H groups in total. The quantitative estimate of drug-likeness (QED) is 0.532. The van der Waals surface area contributed by atoms with Crippen LogP contribution in [0, 0.1) is 0 Å². The van der Waals surface area contributed by atoms with E-state index in [2.05, 4.69) is 24.1 Å². The van der Waals surface area contributed by atoms with Gasteiger partial charge in [-0.2, -0.15) is 0 Å².